The van der Waals surface area contributed by atoms with Crippen LogP contribution in [0.15, 0.2) is 53.6 Å². The third-order valence-electron chi connectivity index (χ3n) is 3.66. The largest absolute Gasteiger partial charge is 0.508 e. The van der Waals surface area contributed by atoms with Crippen LogP contribution in [0.3, 0.4) is 0 Å². The van der Waals surface area contributed by atoms with E-state index in [4.69, 9.17) is 0 Å². The fourth-order valence-corrected chi connectivity index (χ4v) is 2.19. The zero-order chi connectivity index (χ0) is 17.3. The molecule has 2 N–H and O–H groups in total. The molecule has 7 nitrogen and oxygen atoms in total. The Hall–Kier alpha value is -3.35. The average molecular weight is 324 g/mol. The number of aromatic nitrogens is 3. The summed E-state index contributed by atoms with van der Waals surface area (Å²) in [6.07, 6.45) is 1.43. The van der Waals surface area contributed by atoms with Crippen LogP contribution in [0.5, 0.6) is 5.75 Å². The van der Waals surface area contributed by atoms with Crippen molar-refractivity contribution in [1.29, 1.82) is 0 Å². The van der Waals surface area contributed by atoms with Gasteiger partial charge in [0, 0.05) is 18.3 Å². The second kappa shape index (κ2) is 6.04. The maximum Gasteiger partial charge on any atom is 0.350 e. The second-order valence-electron chi connectivity index (χ2n) is 5.44. The summed E-state index contributed by atoms with van der Waals surface area (Å²) < 4.78 is 2.64. The van der Waals surface area contributed by atoms with E-state index in [0.29, 0.717) is 22.5 Å². The number of hydrogen-bond acceptors (Lipinski definition) is 4. The van der Waals surface area contributed by atoms with Crippen molar-refractivity contribution in [2.45, 2.75) is 6.92 Å². The predicted molar refractivity (Wildman–Crippen MR) is 89.6 cm³/mol. The van der Waals surface area contributed by atoms with Crippen LogP contribution >= 0.6 is 0 Å². The molecule has 0 atom stereocenters. The minimum absolute atomic E-state index is 0.0764. The van der Waals surface area contributed by atoms with Crippen molar-refractivity contribution in [3.05, 3.63) is 70.4 Å². The summed E-state index contributed by atoms with van der Waals surface area (Å²) in [5, 5.41) is 16.4. The predicted octanol–water partition coefficient (Wildman–Crippen LogP) is 1.84. The Morgan fingerprint density at radius 1 is 1.17 bits per heavy atom. The van der Waals surface area contributed by atoms with Crippen molar-refractivity contribution in [2.24, 2.45) is 7.05 Å². The Morgan fingerprint density at radius 2 is 1.88 bits per heavy atom. The van der Waals surface area contributed by atoms with E-state index in [9.17, 15) is 14.7 Å². The number of carbonyl (C=O) groups is 1. The number of rotatable bonds is 3. The average Bonchev–Trinajstić information content (AvgIpc) is 2.90. The number of benzene rings is 2. The van der Waals surface area contributed by atoms with Crippen molar-refractivity contribution < 1.29 is 9.90 Å². The van der Waals surface area contributed by atoms with Crippen LogP contribution in [-0.4, -0.2) is 25.4 Å². The van der Waals surface area contributed by atoms with E-state index in [1.807, 2.05) is 0 Å². The van der Waals surface area contributed by atoms with Crippen LogP contribution in [0, 0.1) is 6.92 Å². The molecule has 0 aliphatic heterocycles. The summed E-state index contributed by atoms with van der Waals surface area (Å²) in [6.45, 7) is 1.76. The third-order valence-corrected chi connectivity index (χ3v) is 3.66. The molecule has 0 bridgehead atoms. The molecule has 122 valence electrons. The summed E-state index contributed by atoms with van der Waals surface area (Å²) >= 11 is 0. The molecule has 0 radical (unpaired) electrons. The number of nitrogens with zero attached hydrogens (tertiary/aromatic N) is 3. The Labute approximate surface area is 137 Å². The summed E-state index contributed by atoms with van der Waals surface area (Å²) in [7, 11) is 1.62. The molecule has 0 saturated heterocycles. The maximum atomic E-state index is 12.2. The van der Waals surface area contributed by atoms with Crippen molar-refractivity contribution in [3.63, 3.8) is 0 Å². The van der Waals surface area contributed by atoms with Gasteiger partial charge < -0.3 is 10.4 Å². The number of carbonyl (C=O) groups excluding carboxylic acids is 1. The van der Waals surface area contributed by atoms with Gasteiger partial charge in [-0.25, -0.2) is 4.79 Å². The van der Waals surface area contributed by atoms with Gasteiger partial charge in [0.05, 0.1) is 5.69 Å². The number of amides is 1. The number of aromatic hydroxyl groups is 1. The van der Waals surface area contributed by atoms with Gasteiger partial charge in [-0.15, -0.1) is 0 Å². The van der Waals surface area contributed by atoms with E-state index in [-0.39, 0.29) is 17.3 Å². The van der Waals surface area contributed by atoms with Crippen LogP contribution < -0.4 is 11.0 Å². The molecule has 1 aromatic heterocycles. The first-order valence-corrected chi connectivity index (χ1v) is 7.28. The topological polar surface area (TPSA) is 89.2 Å². The highest BCUT2D eigenvalue weighted by Gasteiger charge is 2.09. The molecule has 7 heteroatoms. The first-order valence-electron chi connectivity index (χ1n) is 7.28. The van der Waals surface area contributed by atoms with Crippen LogP contribution in [-0.2, 0) is 7.05 Å². The lowest BCUT2D eigenvalue weighted by atomic mass is 10.1. The molecule has 3 aromatic rings. The van der Waals surface area contributed by atoms with Gasteiger partial charge in [0.1, 0.15) is 12.1 Å². The normalized spacial score (nSPS) is 10.6. The molecule has 0 unspecified atom stereocenters. The van der Waals surface area contributed by atoms with Gasteiger partial charge in [0.25, 0.3) is 5.91 Å². The fraction of sp³-hybridized carbons (Fsp3) is 0.118. The van der Waals surface area contributed by atoms with Gasteiger partial charge in [-0.3, -0.25) is 9.36 Å². The van der Waals surface area contributed by atoms with Crippen LogP contribution in [0.2, 0.25) is 0 Å². The first-order chi connectivity index (χ1) is 11.5. The van der Waals surface area contributed by atoms with Crippen molar-refractivity contribution in [1.82, 2.24) is 14.3 Å². The third kappa shape index (κ3) is 2.91. The lowest BCUT2D eigenvalue weighted by Gasteiger charge is -2.07. The minimum atomic E-state index is -0.326. The van der Waals surface area contributed by atoms with Crippen LogP contribution in [0.4, 0.5) is 5.69 Å². The van der Waals surface area contributed by atoms with Gasteiger partial charge in [-0.1, -0.05) is 6.07 Å². The van der Waals surface area contributed by atoms with Crippen LogP contribution in [0.25, 0.3) is 5.69 Å². The van der Waals surface area contributed by atoms with E-state index < -0.39 is 0 Å². The molecular weight excluding hydrogens is 308 g/mol. The molecule has 1 heterocycles. The molecule has 0 fully saturated rings. The minimum Gasteiger partial charge on any atom is -0.508 e. The fourth-order valence-electron chi connectivity index (χ4n) is 2.19. The zero-order valence-electron chi connectivity index (χ0n) is 13.2. The second-order valence-corrected chi connectivity index (χ2v) is 5.44. The van der Waals surface area contributed by atoms with Gasteiger partial charge in [-0.05, 0) is 48.9 Å². The molecule has 0 aliphatic rings. The van der Waals surface area contributed by atoms with Crippen LogP contribution in [0.1, 0.15) is 15.9 Å². The number of aryl methyl sites for hydroxylation is 2. The SMILES string of the molecule is Cc1ccc(C(=O)Nc2ccc(-n3ncn(C)c3=O)cc2)cc1O. The molecule has 24 heavy (non-hydrogen) atoms. The quantitative estimate of drug-likeness (QED) is 0.769. The van der Waals surface area contributed by atoms with E-state index in [1.165, 1.54) is 21.6 Å². The van der Waals surface area contributed by atoms with Crippen molar-refractivity contribution in [3.8, 4) is 11.4 Å². The summed E-state index contributed by atoms with van der Waals surface area (Å²) in [5.74, 6) is -0.249. The lowest BCUT2D eigenvalue weighted by Crippen LogP contribution is -2.21. The molecule has 0 spiro atoms. The Morgan fingerprint density at radius 3 is 2.46 bits per heavy atom. The molecule has 2 aromatic carbocycles. The van der Waals surface area contributed by atoms with Gasteiger partial charge in [0.15, 0.2) is 0 Å². The molecule has 3 rings (SSSR count). The number of phenolic OH excluding ortho intramolecular Hbond substituents is 1. The highest BCUT2D eigenvalue weighted by atomic mass is 16.3. The van der Waals surface area contributed by atoms with E-state index in [2.05, 4.69) is 10.4 Å². The monoisotopic (exact) mass is 324 g/mol. The summed E-state index contributed by atoms with van der Waals surface area (Å²) in [4.78, 5) is 24.0. The highest BCUT2D eigenvalue weighted by Crippen LogP contribution is 2.19. The molecule has 0 aliphatic carbocycles. The number of hydrogen-bond donors (Lipinski definition) is 2. The van der Waals surface area contributed by atoms with E-state index >= 15 is 0 Å². The number of phenols is 1. The van der Waals surface area contributed by atoms with E-state index in [1.54, 1.807) is 50.4 Å². The molecule has 0 saturated carbocycles. The van der Waals surface area contributed by atoms with Gasteiger partial charge in [-0.2, -0.15) is 9.78 Å². The first kappa shape index (κ1) is 15.5. The standard InChI is InChI=1S/C17H16N4O3/c1-11-3-4-12(9-15(11)22)16(23)19-13-5-7-14(8-6-13)21-17(24)20(2)10-18-21/h3-10,22H,1-2H3,(H,19,23). The number of nitrogens with one attached hydrogen (secondary N) is 1. The van der Waals surface area contributed by atoms with Gasteiger partial charge >= 0.3 is 5.69 Å². The van der Waals surface area contributed by atoms with Crippen molar-refractivity contribution in [2.75, 3.05) is 5.32 Å². The smallest absolute Gasteiger partial charge is 0.350 e. The van der Waals surface area contributed by atoms with Gasteiger partial charge in [0.2, 0.25) is 0 Å². The lowest BCUT2D eigenvalue weighted by molar-refractivity contribution is 0.102. The Balaban J connectivity index is 1.79. The zero-order valence-corrected chi connectivity index (χ0v) is 13.2. The van der Waals surface area contributed by atoms with Crippen molar-refractivity contribution >= 4 is 11.6 Å². The Kier molecular flexibility index (Phi) is 3.91. The van der Waals surface area contributed by atoms with E-state index in [0.717, 1.165) is 0 Å². The summed E-state index contributed by atoms with van der Waals surface area (Å²) in [6, 6.07) is 11.5. The highest BCUT2D eigenvalue weighted by molar-refractivity contribution is 6.04. The molecule has 1 amide bonds. The maximum absolute atomic E-state index is 12.2. The summed E-state index contributed by atoms with van der Waals surface area (Å²) in [5.41, 5.74) is 2.00. The number of anilines is 1. The Bertz CT molecular complexity index is 955. The molecular formula is C17H16N4O3.